The Balaban J connectivity index is 2.68. The summed E-state index contributed by atoms with van der Waals surface area (Å²) in [5.74, 6) is 0. The van der Waals surface area contributed by atoms with Gasteiger partial charge >= 0.3 is 0 Å². The van der Waals surface area contributed by atoms with Crippen LogP contribution in [0, 0.1) is 0 Å². The molecule has 1 nitrogen and oxygen atoms in total. The van der Waals surface area contributed by atoms with E-state index in [1.165, 1.54) is 0 Å². The first-order valence-electron chi connectivity index (χ1n) is 2.57. The maximum Gasteiger partial charge on any atom is 0.231 e. The number of rotatable bonds is 3. The smallest absolute Gasteiger partial charge is 0.213 e. The van der Waals surface area contributed by atoms with Gasteiger partial charge in [0, 0.05) is 6.42 Å². The van der Waals surface area contributed by atoms with E-state index in [2.05, 4.69) is 0 Å². The second-order valence-corrected chi connectivity index (χ2v) is 1.55. The van der Waals surface area contributed by atoms with Crippen LogP contribution in [0.3, 0.4) is 0 Å². The zero-order chi connectivity index (χ0) is 5.70. The van der Waals surface area contributed by atoms with E-state index in [1.807, 2.05) is 6.92 Å². The van der Waals surface area contributed by atoms with Gasteiger partial charge in [-0.05, 0) is 6.42 Å². The molecule has 0 N–H and O–H groups in total. The first kappa shape index (κ1) is 6.89. The summed E-state index contributed by atoms with van der Waals surface area (Å²) >= 11 is 0. The standard InChI is InChI=1S/C5H10FO/c1-2-3-4-5(6)7/h5H,2-4H2,1H3. The van der Waals surface area contributed by atoms with Gasteiger partial charge in [-0.1, -0.05) is 13.3 Å². The fourth-order valence-electron chi connectivity index (χ4n) is 0.365. The Bertz CT molecular complexity index is 37.1. The quantitative estimate of drug-likeness (QED) is 0.522. The van der Waals surface area contributed by atoms with E-state index < -0.39 is 6.36 Å². The lowest BCUT2D eigenvalue weighted by atomic mass is 10.3. The minimum atomic E-state index is -1.85. The van der Waals surface area contributed by atoms with Crippen molar-refractivity contribution >= 4 is 0 Å². The molecule has 0 aromatic carbocycles. The van der Waals surface area contributed by atoms with Gasteiger partial charge in [0.2, 0.25) is 6.36 Å². The van der Waals surface area contributed by atoms with E-state index in [0.29, 0.717) is 6.42 Å². The molecular weight excluding hydrogens is 95.1 g/mol. The van der Waals surface area contributed by atoms with Crippen molar-refractivity contribution in [3.05, 3.63) is 0 Å². The molecule has 0 heterocycles. The van der Waals surface area contributed by atoms with Crippen molar-refractivity contribution < 1.29 is 9.50 Å². The van der Waals surface area contributed by atoms with Gasteiger partial charge in [-0.15, -0.1) is 0 Å². The van der Waals surface area contributed by atoms with E-state index >= 15 is 0 Å². The highest BCUT2D eigenvalue weighted by Crippen LogP contribution is 1.99. The molecule has 0 aromatic rings. The van der Waals surface area contributed by atoms with Crippen LogP contribution in [0.25, 0.3) is 0 Å². The molecule has 0 bridgehead atoms. The highest BCUT2D eigenvalue weighted by Gasteiger charge is 1.97. The summed E-state index contributed by atoms with van der Waals surface area (Å²) in [4.78, 5) is 0. The predicted octanol–water partition coefficient (Wildman–Crippen LogP) is 1.90. The molecule has 0 spiro atoms. The van der Waals surface area contributed by atoms with E-state index in [0.717, 1.165) is 6.42 Å². The Kier molecular flexibility index (Phi) is 4.00. The van der Waals surface area contributed by atoms with Crippen LogP contribution in [0.4, 0.5) is 4.39 Å². The molecule has 0 aromatic heterocycles. The van der Waals surface area contributed by atoms with Crippen LogP contribution in [-0.2, 0) is 5.11 Å². The third-order valence-corrected chi connectivity index (χ3v) is 0.785. The molecule has 0 aliphatic rings. The Labute approximate surface area is 43.2 Å². The maximum absolute atomic E-state index is 11.3. The molecule has 1 unspecified atom stereocenters. The van der Waals surface area contributed by atoms with Gasteiger partial charge in [0.15, 0.2) is 0 Å². The molecule has 0 amide bonds. The van der Waals surface area contributed by atoms with Crippen molar-refractivity contribution in [1.82, 2.24) is 0 Å². The molecule has 1 atom stereocenters. The minimum absolute atomic E-state index is 0.177. The van der Waals surface area contributed by atoms with Gasteiger partial charge < -0.3 is 0 Å². The first-order valence-corrected chi connectivity index (χ1v) is 2.57. The van der Waals surface area contributed by atoms with Gasteiger partial charge in [0.05, 0.1) is 0 Å². The zero-order valence-corrected chi connectivity index (χ0v) is 4.48. The lowest BCUT2D eigenvalue weighted by Gasteiger charge is -1.92. The molecular formula is C5H10FO. The Morgan fingerprint density at radius 1 is 1.71 bits per heavy atom. The first-order chi connectivity index (χ1) is 3.27. The normalized spacial score (nSPS) is 14.1. The fraction of sp³-hybridized carbons (Fsp3) is 1.00. The van der Waals surface area contributed by atoms with Crippen molar-refractivity contribution in [2.45, 2.75) is 32.5 Å². The summed E-state index contributed by atoms with van der Waals surface area (Å²) in [5, 5.41) is 9.62. The van der Waals surface area contributed by atoms with Gasteiger partial charge in [0.25, 0.3) is 0 Å². The fourth-order valence-corrected chi connectivity index (χ4v) is 0.365. The summed E-state index contributed by atoms with van der Waals surface area (Å²) in [6, 6.07) is 0. The summed E-state index contributed by atoms with van der Waals surface area (Å²) < 4.78 is 11.3. The Hall–Kier alpha value is -0.110. The van der Waals surface area contributed by atoms with E-state index in [1.54, 1.807) is 0 Å². The monoisotopic (exact) mass is 105 g/mol. The van der Waals surface area contributed by atoms with Crippen LogP contribution >= 0.6 is 0 Å². The molecule has 43 valence electrons. The van der Waals surface area contributed by atoms with Crippen LogP contribution in [0.2, 0.25) is 0 Å². The largest absolute Gasteiger partial charge is 0.231 e. The van der Waals surface area contributed by atoms with Gasteiger partial charge in [0.1, 0.15) is 0 Å². The van der Waals surface area contributed by atoms with Crippen molar-refractivity contribution in [3.63, 3.8) is 0 Å². The third kappa shape index (κ3) is 5.89. The van der Waals surface area contributed by atoms with Gasteiger partial charge in [-0.2, -0.15) is 5.11 Å². The number of hydrogen-bond acceptors (Lipinski definition) is 0. The van der Waals surface area contributed by atoms with Gasteiger partial charge in [-0.25, -0.2) is 4.39 Å². The molecule has 2 heteroatoms. The second kappa shape index (κ2) is 4.06. The average Bonchev–Trinajstić information content (AvgIpc) is 1.61. The lowest BCUT2D eigenvalue weighted by molar-refractivity contribution is -0.0293. The SMILES string of the molecule is CCCCC([O])F. The Morgan fingerprint density at radius 3 is 2.43 bits per heavy atom. The van der Waals surface area contributed by atoms with Crippen molar-refractivity contribution in [1.29, 1.82) is 0 Å². The van der Waals surface area contributed by atoms with Crippen LogP contribution in [0.1, 0.15) is 26.2 Å². The highest BCUT2D eigenvalue weighted by atomic mass is 19.1. The van der Waals surface area contributed by atoms with Crippen LogP contribution in [0.5, 0.6) is 0 Å². The lowest BCUT2D eigenvalue weighted by Crippen LogP contribution is -1.92. The molecule has 0 aliphatic heterocycles. The summed E-state index contributed by atoms with van der Waals surface area (Å²) in [5.41, 5.74) is 0. The average molecular weight is 105 g/mol. The topological polar surface area (TPSA) is 19.9 Å². The Morgan fingerprint density at radius 2 is 2.29 bits per heavy atom. The summed E-state index contributed by atoms with van der Waals surface area (Å²) in [6.07, 6.45) is -0.0518. The molecule has 0 fully saturated rings. The molecule has 0 saturated heterocycles. The molecule has 1 radical (unpaired) electrons. The second-order valence-electron chi connectivity index (χ2n) is 1.55. The molecule has 0 aliphatic carbocycles. The van der Waals surface area contributed by atoms with E-state index in [9.17, 15) is 9.50 Å². The third-order valence-electron chi connectivity index (χ3n) is 0.785. The zero-order valence-electron chi connectivity index (χ0n) is 4.48. The number of halogens is 1. The number of hydrogen-bond donors (Lipinski definition) is 0. The number of alkyl halides is 1. The van der Waals surface area contributed by atoms with E-state index in [4.69, 9.17) is 0 Å². The van der Waals surface area contributed by atoms with Crippen LogP contribution in [0.15, 0.2) is 0 Å². The van der Waals surface area contributed by atoms with Crippen LogP contribution < -0.4 is 0 Å². The summed E-state index contributed by atoms with van der Waals surface area (Å²) in [7, 11) is 0. The van der Waals surface area contributed by atoms with Crippen molar-refractivity contribution in [2.75, 3.05) is 0 Å². The molecule has 7 heavy (non-hydrogen) atoms. The summed E-state index contributed by atoms with van der Waals surface area (Å²) in [6.45, 7) is 1.93. The van der Waals surface area contributed by atoms with Gasteiger partial charge in [-0.3, -0.25) is 0 Å². The number of unbranched alkanes of at least 4 members (excludes halogenated alkanes) is 1. The van der Waals surface area contributed by atoms with Crippen LogP contribution in [-0.4, -0.2) is 6.36 Å². The van der Waals surface area contributed by atoms with Crippen molar-refractivity contribution in [2.24, 2.45) is 0 Å². The van der Waals surface area contributed by atoms with Crippen molar-refractivity contribution in [3.8, 4) is 0 Å². The minimum Gasteiger partial charge on any atom is -0.213 e. The molecule has 0 saturated carbocycles. The molecule has 0 rings (SSSR count). The predicted molar refractivity (Wildman–Crippen MR) is 25.1 cm³/mol. The maximum atomic E-state index is 11.3. The highest BCUT2D eigenvalue weighted by molar-refractivity contribution is 4.36. The van der Waals surface area contributed by atoms with E-state index in [-0.39, 0.29) is 6.42 Å².